The van der Waals surface area contributed by atoms with Crippen molar-refractivity contribution in [2.45, 2.75) is 26.3 Å². The fourth-order valence-corrected chi connectivity index (χ4v) is 2.28. The molecule has 0 spiro atoms. The van der Waals surface area contributed by atoms with Crippen LogP contribution in [0, 0.1) is 6.92 Å². The molecule has 0 saturated heterocycles. The maximum absolute atomic E-state index is 5.69. The van der Waals surface area contributed by atoms with Crippen LogP contribution in [0.5, 0.6) is 0 Å². The van der Waals surface area contributed by atoms with Gasteiger partial charge in [-0.15, -0.1) is 11.3 Å². The zero-order chi connectivity index (χ0) is 12.5. The molecule has 2 aromatic heterocycles. The molecule has 0 fully saturated rings. The van der Waals surface area contributed by atoms with Gasteiger partial charge in [-0.2, -0.15) is 0 Å². The van der Waals surface area contributed by atoms with E-state index in [0.29, 0.717) is 11.6 Å². The van der Waals surface area contributed by atoms with Crippen molar-refractivity contribution < 1.29 is 0 Å². The van der Waals surface area contributed by atoms with Gasteiger partial charge in [-0.1, -0.05) is 0 Å². The maximum Gasteiger partial charge on any atom is 0.132 e. The summed E-state index contributed by atoms with van der Waals surface area (Å²) >= 11 is 1.61. The molecule has 0 unspecified atom stereocenters. The highest BCUT2D eigenvalue weighted by Gasteiger charge is 2.23. The average molecular weight is 249 g/mol. The SMILES string of the molecule is Cc1nc(N)cc(NC(C)(C)c2nccs2)n1. The number of thiazole rings is 1. The Morgan fingerprint density at radius 3 is 2.71 bits per heavy atom. The minimum atomic E-state index is -0.276. The Morgan fingerprint density at radius 2 is 2.12 bits per heavy atom. The molecule has 0 bridgehead atoms. The fourth-order valence-electron chi connectivity index (χ4n) is 1.56. The van der Waals surface area contributed by atoms with E-state index < -0.39 is 0 Å². The van der Waals surface area contributed by atoms with Crippen molar-refractivity contribution in [1.82, 2.24) is 15.0 Å². The lowest BCUT2D eigenvalue weighted by molar-refractivity contribution is 0.600. The normalized spacial score (nSPS) is 11.5. The van der Waals surface area contributed by atoms with Gasteiger partial charge >= 0.3 is 0 Å². The molecule has 0 atom stereocenters. The molecule has 2 rings (SSSR count). The summed E-state index contributed by atoms with van der Waals surface area (Å²) in [4.78, 5) is 12.7. The number of hydrogen-bond acceptors (Lipinski definition) is 6. The standard InChI is InChI=1S/C11H15N5S/c1-7-14-8(12)6-9(15-7)16-11(2,3)10-13-4-5-17-10/h4-6H,1-3H3,(H3,12,14,15,16). The Kier molecular flexibility index (Phi) is 2.97. The molecule has 0 amide bonds. The zero-order valence-electron chi connectivity index (χ0n) is 10.1. The van der Waals surface area contributed by atoms with Crippen LogP contribution in [0.15, 0.2) is 17.6 Å². The van der Waals surface area contributed by atoms with Crippen molar-refractivity contribution in [3.63, 3.8) is 0 Å². The fraction of sp³-hybridized carbons (Fsp3) is 0.364. The van der Waals surface area contributed by atoms with E-state index in [1.165, 1.54) is 0 Å². The van der Waals surface area contributed by atoms with Gasteiger partial charge < -0.3 is 11.1 Å². The van der Waals surface area contributed by atoms with Crippen LogP contribution < -0.4 is 11.1 Å². The van der Waals surface area contributed by atoms with Crippen LogP contribution in [-0.2, 0) is 5.54 Å². The number of aromatic nitrogens is 3. The van der Waals surface area contributed by atoms with E-state index >= 15 is 0 Å². The molecular formula is C11H15N5S. The van der Waals surface area contributed by atoms with Gasteiger partial charge in [-0.3, -0.25) is 0 Å². The average Bonchev–Trinajstić information content (AvgIpc) is 2.67. The predicted octanol–water partition coefficient (Wildman–Crippen LogP) is 2.17. The van der Waals surface area contributed by atoms with Crippen molar-refractivity contribution in [2.75, 3.05) is 11.1 Å². The molecule has 5 nitrogen and oxygen atoms in total. The third-order valence-electron chi connectivity index (χ3n) is 2.27. The first-order valence-electron chi connectivity index (χ1n) is 5.27. The summed E-state index contributed by atoms with van der Waals surface area (Å²) < 4.78 is 0. The molecular weight excluding hydrogens is 234 g/mol. The zero-order valence-corrected chi connectivity index (χ0v) is 10.9. The van der Waals surface area contributed by atoms with Crippen molar-refractivity contribution >= 4 is 23.0 Å². The summed E-state index contributed by atoms with van der Waals surface area (Å²) in [7, 11) is 0. The Balaban J connectivity index is 2.26. The second-order valence-electron chi connectivity index (χ2n) is 4.31. The monoisotopic (exact) mass is 249 g/mol. The summed E-state index contributed by atoms with van der Waals surface area (Å²) in [6, 6.07) is 1.72. The first-order chi connectivity index (χ1) is 7.97. The molecule has 3 N–H and O–H groups in total. The van der Waals surface area contributed by atoms with Crippen LogP contribution in [0.25, 0.3) is 0 Å². The van der Waals surface area contributed by atoms with Crippen LogP contribution in [0.2, 0.25) is 0 Å². The number of nitrogens with zero attached hydrogens (tertiary/aromatic N) is 3. The van der Waals surface area contributed by atoms with Crippen molar-refractivity contribution in [3.8, 4) is 0 Å². The van der Waals surface area contributed by atoms with E-state index in [4.69, 9.17) is 5.73 Å². The Labute approximate surface area is 104 Å². The molecule has 0 aliphatic heterocycles. The molecule has 90 valence electrons. The third-order valence-corrected chi connectivity index (χ3v) is 3.36. The lowest BCUT2D eigenvalue weighted by Crippen LogP contribution is -2.28. The van der Waals surface area contributed by atoms with Gasteiger partial charge in [-0.05, 0) is 20.8 Å². The Hall–Kier alpha value is -1.69. The number of nitrogens with two attached hydrogens (primary N) is 1. The Bertz CT molecular complexity index is 486. The molecule has 0 aromatic carbocycles. The lowest BCUT2D eigenvalue weighted by atomic mass is 10.1. The largest absolute Gasteiger partial charge is 0.384 e. The van der Waals surface area contributed by atoms with Crippen LogP contribution in [-0.4, -0.2) is 15.0 Å². The third kappa shape index (κ3) is 2.71. The van der Waals surface area contributed by atoms with Crippen LogP contribution in [0.1, 0.15) is 24.7 Å². The number of anilines is 2. The second-order valence-corrected chi connectivity index (χ2v) is 5.21. The van der Waals surface area contributed by atoms with Gasteiger partial charge in [0.1, 0.15) is 22.5 Å². The van der Waals surface area contributed by atoms with Crippen molar-refractivity contribution in [2.24, 2.45) is 0 Å². The van der Waals surface area contributed by atoms with Crippen LogP contribution in [0.3, 0.4) is 0 Å². The molecule has 6 heteroatoms. The van der Waals surface area contributed by atoms with E-state index in [-0.39, 0.29) is 5.54 Å². The van der Waals surface area contributed by atoms with E-state index in [9.17, 15) is 0 Å². The second kappa shape index (κ2) is 4.29. The van der Waals surface area contributed by atoms with Gasteiger partial charge in [-0.25, -0.2) is 15.0 Å². The predicted molar refractivity (Wildman–Crippen MR) is 69.9 cm³/mol. The van der Waals surface area contributed by atoms with E-state index in [1.54, 1.807) is 23.6 Å². The molecule has 17 heavy (non-hydrogen) atoms. The van der Waals surface area contributed by atoms with Gasteiger partial charge in [0.05, 0.1) is 5.54 Å². The number of hydrogen-bond donors (Lipinski definition) is 2. The van der Waals surface area contributed by atoms with E-state index in [1.807, 2.05) is 12.3 Å². The maximum atomic E-state index is 5.69. The number of aryl methyl sites for hydroxylation is 1. The van der Waals surface area contributed by atoms with Crippen LogP contribution >= 0.6 is 11.3 Å². The van der Waals surface area contributed by atoms with Crippen molar-refractivity contribution in [1.29, 1.82) is 0 Å². The summed E-state index contributed by atoms with van der Waals surface area (Å²) in [5, 5.41) is 6.28. The summed E-state index contributed by atoms with van der Waals surface area (Å²) in [6.07, 6.45) is 1.79. The number of nitrogen functional groups attached to an aromatic ring is 1. The first kappa shape index (κ1) is 11.8. The minimum Gasteiger partial charge on any atom is -0.384 e. The summed E-state index contributed by atoms with van der Waals surface area (Å²) in [6.45, 7) is 5.93. The van der Waals surface area contributed by atoms with Gasteiger partial charge in [0.15, 0.2) is 0 Å². The van der Waals surface area contributed by atoms with Crippen LogP contribution in [0.4, 0.5) is 11.6 Å². The highest BCUT2D eigenvalue weighted by Crippen LogP contribution is 2.26. The molecule has 0 aliphatic carbocycles. The molecule has 0 aliphatic rings. The Morgan fingerprint density at radius 1 is 1.35 bits per heavy atom. The summed E-state index contributed by atoms with van der Waals surface area (Å²) in [5.74, 6) is 1.84. The topological polar surface area (TPSA) is 76.7 Å². The van der Waals surface area contributed by atoms with Gasteiger partial charge in [0.25, 0.3) is 0 Å². The smallest absolute Gasteiger partial charge is 0.132 e. The lowest BCUT2D eigenvalue weighted by Gasteiger charge is -2.24. The summed E-state index contributed by atoms with van der Waals surface area (Å²) in [5.41, 5.74) is 5.42. The van der Waals surface area contributed by atoms with Crippen molar-refractivity contribution in [3.05, 3.63) is 28.5 Å². The highest BCUT2D eigenvalue weighted by atomic mass is 32.1. The quantitative estimate of drug-likeness (QED) is 0.871. The number of nitrogens with one attached hydrogen (secondary N) is 1. The molecule has 2 aromatic rings. The van der Waals surface area contributed by atoms with Gasteiger partial charge in [0.2, 0.25) is 0 Å². The van der Waals surface area contributed by atoms with E-state index in [2.05, 4.69) is 34.1 Å². The van der Waals surface area contributed by atoms with E-state index in [0.717, 1.165) is 10.8 Å². The van der Waals surface area contributed by atoms with Gasteiger partial charge in [0, 0.05) is 17.6 Å². The molecule has 2 heterocycles. The minimum absolute atomic E-state index is 0.276. The molecule has 0 saturated carbocycles. The first-order valence-corrected chi connectivity index (χ1v) is 6.15. The molecule has 0 radical (unpaired) electrons. The highest BCUT2D eigenvalue weighted by molar-refractivity contribution is 7.09. The number of rotatable bonds is 3.